The standard InChI is InChI=1S/C12H23NO2/c1-10(2)9-13-8-6-4-5-7-11(3)12(14)15/h10,13H,3-9H2,1-2H3,(H,14,15). The van der Waals surface area contributed by atoms with E-state index in [4.69, 9.17) is 5.11 Å². The second-order valence-corrected chi connectivity index (χ2v) is 4.32. The lowest BCUT2D eigenvalue weighted by molar-refractivity contribution is -0.132. The van der Waals surface area contributed by atoms with Gasteiger partial charge in [0.15, 0.2) is 0 Å². The molecule has 0 atom stereocenters. The van der Waals surface area contributed by atoms with Gasteiger partial charge in [0, 0.05) is 5.57 Å². The summed E-state index contributed by atoms with van der Waals surface area (Å²) >= 11 is 0. The fourth-order valence-corrected chi connectivity index (χ4v) is 1.26. The Morgan fingerprint density at radius 3 is 2.53 bits per heavy atom. The Kier molecular flexibility index (Phi) is 8.01. The molecule has 15 heavy (non-hydrogen) atoms. The number of carbonyl (C=O) groups is 1. The third-order valence-corrected chi connectivity index (χ3v) is 2.19. The van der Waals surface area contributed by atoms with Gasteiger partial charge in [-0.05, 0) is 38.3 Å². The molecule has 0 aromatic carbocycles. The predicted molar refractivity (Wildman–Crippen MR) is 63.0 cm³/mol. The van der Waals surface area contributed by atoms with E-state index < -0.39 is 5.97 Å². The zero-order valence-corrected chi connectivity index (χ0v) is 9.88. The smallest absolute Gasteiger partial charge is 0.330 e. The molecule has 0 aromatic heterocycles. The van der Waals surface area contributed by atoms with Gasteiger partial charge in [0.25, 0.3) is 0 Å². The first-order chi connectivity index (χ1) is 7.04. The molecule has 0 amide bonds. The fraction of sp³-hybridized carbons (Fsp3) is 0.750. The van der Waals surface area contributed by atoms with Gasteiger partial charge in [-0.2, -0.15) is 0 Å². The fourth-order valence-electron chi connectivity index (χ4n) is 1.26. The lowest BCUT2D eigenvalue weighted by Crippen LogP contribution is -2.20. The van der Waals surface area contributed by atoms with Crippen molar-refractivity contribution >= 4 is 5.97 Å². The predicted octanol–water partition coefficient (Wildman–Crippen LogP) is 2.43. The molecule has 0 saturated heterocycles. The lowest BCUT2D eigenvalue weighted by Gasteiger charge is -2.06. The molecular weight excluding hydrogens is 190 g/mol. The van der Waals surface area contributed by atoms with Crippen molar-refractivity contribution in [2.24, 2.45) is 5.92 Å². The molecule has 0 radical (unpaired) electrons. The minimum atomic E-state index is -0.868. The van der Waals surface area contributed by atoms with Gasteiger partial charge in [-0.3, -0.25) is 0 Å². The summed E-state index contributed by atoms with van der Waals surface area (Å²) in [5.41, 5.74) is 0.324. The molecule has 0 spiro atoms. The molecule has 0 unspecified atom stereocenters. The number of unbranched alkanes of at least 4 members (excludes halogenated alkanes) is 2. The maximum absolute atomic E-state index is 10.4. The molecule has 0 bridgehead atoms. The van der Waals surface area contributed by atoms with Crippen molar-refractivity contribution in [2.75, 3.05) is 13.1 Å². The number of carboxylic acids is 1. The minimum Gasteiger partial charge on any atom is -0.478 e. The number of hydrogen-bond acceptors (Lipinski definition) is 2. The van der Waals surface area contributed by atoms with Gasteiger partial charge < -0.3 is 10.4 Å². The number of carboxylic acid groups (broad SMARTS) is 1. The van der Waals surface area contributed by atoms with Gasteiger partial charge in [0.1, 0.15) is 0 Å². The normalized spacial score (nSPS) is 10.6. The molecule has 2 N–H and O–H groups in total. The molecule has 0 aliphatic heterocycles. The van der Waals surface area contributed by atoms with E-state index in [1.165, 1.54) is 0 Å². The van der Waals surface area contributed by atoms with E-state index in [-0.39, 0.29) is 0 Å². The average Bonchev–Trinajstić information content (AvgIpc) is 2.15. The Bertz CT molecular complexity index is 200. The van der Waals surface area contributed by atoms with Gasteiger partial charge in [-0.25, -0.2) is 4.79 Å². The summed E-state index contributed by atoms with van der Waals surface area (Å²) in [7, 11) is 0. The summed E-state index contributed by atoms with van der Waals surface area (Å²) in [4.78, 5) is 10.4. The summed E-state index contributed by atoms with van der Waals surface area (Å²) < 4.78 is 0. The van der Waals surface area contributed by atoms with Crippen LogP contribution in [0.15, 0.2) is 12.2 Å². The van der Waals surface area contributed by atoms with Gasteiger partial charge in [-0.15, -0.1) is 0 Å². The third-order valence-electron chi connectivity index (χ3n) is 2.19. The van der Waals surface area contributed by atoms with Gasteiger partial charge in [0.2, 0.25) is 0 Å². The van der Waals surface area contributed by atoms with Crippen LogP contribution in [-0.2, 0) is 4.79 Å². The van der Waals surface area contributed by atoms with Crippen molar-refractivity contribution in [2.45, 2.75) is 39.5 Å². The number of rotatable bonds is 9. The van der Waals surface area contributed by atoms with E-state index in [0.29, 0.717) is 17.9 Å². The van der Waals surface area contributed by atoms with Crippen LogP contribution in [0.3, 0.4) is 0 Å². The Morgan fingerprint density at radius 2 is 2.00 bits per heavy atom. The van der Waals surface area contributed by atoms with E-state index in [1.807, 2.05) is 0 Å². The van der Waals surface area contributed by atoms with Crippen LogP contribution in [-0.4, -0.2) is 24.2 Å². The van der Waals surface area contributed by atoms with E-state index in [2.05, 4.69) is 25.7 Å². The Balaban J connectivity index is 3.18. The van der Waals surface area contributed by atoms with E-state index >= 15 is 0 Å². The Labute approximate surface area is 92.6 Å². The van der Waals surface area contributed by atoms with Gasteiger partial charge in [0.05, 0.1) is 0 Å². The molecule has 0 aliphatic carbocycles. The van der Waals surface area contributed by atoms with Crippen molar-refractivity contribution in [3.05, 3.63) is 12.2 Å². The highest BCUT2D eigenvalue weighted by Crippen LogP contribution is 2.06. The van der Waals surface area contributed by atoms with Crippen LogP contribution < -0.4 is 5.32 Å². The maximum atomic E-state index is 10.4. The second kappa shape index (κ2) is 8.48. The van der Waals surface area contributed by atoms with Crippen molar-refractivity contribution in [1.82, 2.24) is 5.32 Å². The Morgan fingerprint density at radius 1 is 1.33 bits per heavy atom. The van der Waals surface area contributed by atoms with Crippen molar-refractivity contribution in [3.63, 3.8) is 0 Å². The zero-order valence-electron chi connectivity index (χ0n) is 9.88. The molecule has 0 fully saturated rings. The van der Waals surface area contributed by atoms with Crippen molar-refractivity contribution < 1.29 is 9.90 Å². The SMILES string of the molecule is C=C(CCCCCNCC(C)C)C(=O)O. The second-order valence-electron chi connectivity index (χ2n) is 4.32. The monoisotopic (exact) mass is 213 g/mol. The number of hydrogen-bond donors (Lipinski definition) is 2. The van der Waals surface area contributed by atoms with Crippen molar-refractivity contribution in [3.8, 4) is 0 Å². The van der Waals surface area contributed by atoms with E-state index in [9.17, 15) is 4.79 Å². The molecule has 3 heteroatoms. The van der Waals surface area contributed by atoms with Crippen LogP contribution in [0.25, 0.3) is 0 Å². The maximum Gasteiger partial charge on any atom is 0.330 e. The molecule has 0 aliphatic rings. The molecule has 88 valence electrons. The first-order valence-electron chi connectivity index (χ1n) is 5.65. The largest absolute Gasteiger partial charge is 0.478 e. The van der Waals surface area contributed by atoms with E-state index in [1.54, 1.807) is 0 Å². The Hall–Kier alpha value is -0.830. The summed E-state index contributed by atoms with van der Waals surface area (Å²) in [6.45, 7) is 9.95. The molecule has 0 heterocycles. The highest BCUT2D eigenvalue weighted by molar-refractivity contribution is 5.85. The molecule has 0 saturated carbocycles. The van der Waals surface area contributed by atoms with Crippen molar-refractivity contribution in [1.29, 1.82) is 0 Å². The topological polar surface area (TPSA) is 49.3 Å². The van der Waals surface area contributed by atoms with Crippen LogP contribution in [0, 0.1) is 5.92 Å². The van der Waals surface area contributed by atoms with Gasteiger partial charge >= 0.3 is 5.97 Å². The quantitative estimate of drug-likeness (QED) is 0.457. The summed E-state index contributed by atoms with van der Waals surface area (Å²) in [5, 5.41) is 11.9. The first kappa shape index (κ1) is 14.2. The van der Waals surface area contributed by atoms with Crippen LogP contribution in [0.2, 0.25) is 0 Å². The van der Waals surface area contributed by atoms with Crippen LogP contribution >= 0.6 is 0 Å². The number of nitrogens with one attached hydrogen (secondary N) is 1. The molecule has 3 nitrogen and oxygen atoms in total. The average molecular weight is 213 g/mol. The zero-order chi connectivity index (χ0) is 11.7. The third kappa shape index (κ3) is 9.47. The van der Waals surface area contributed by atoms with Gasteiger partial charge in [-0.1, -0.05) is 26.8 Å². The highest BCUT2D eigenvalue weighted by Gasteiger charge is 2.02. The van der Waals surface area contributed by atoms with Crippen LogP contribution in [0.4, 0.5) is 0 Å². The highest BCUT2D eigenvalue weighted by atomic mass is 16.4. The number of aliphatic carboxylic acids is 1. The summed E-state index contributed by atoms with van der Waals surface area (Å²) in [6.07, 6.45) is 3.71. The molecule has 0 rings (SSSR count). The first-order valence-corrected chi connectivity index (χ1v) is 5.65. The lowest BCUT2D eigenvalue weighted by atomic mass is 10.1. The van der Waals surface area contributed by atoms with Crippen LogP contribution in [0.5, 0.6) is 0 Å². The summed E-state index contributed by atoms with van der Waals surface area (Å²) in [6, 6.07) is 0. The van der Waals surface area contributed by atoms with E-state index in [0.717, 1.165) is 32.4 Å². The summed E-state index contributed by atoms with van der Waals surface area (Å²) in [5.74, 6) is -0.176. The molecular formula is C12H23NO2. The van der Waals surface area contributed by atoms with Crippen LogP contribution in [0.1, 0.15) is 39.5 Å². The minimum absolute atomic E-state index is 0.324. The molecule has 0 aromatic rings.